The minimum atomic E-state index is -4.01. The number of ether oxygens (including phenoxy) is 1. The molecule has 0 radical (unpaired) electrons. The number of carbonyl (C=O) groups excluding carboxylic acids is 2. The summed E-state index contributed by atoms with van der Waals surface area (Å²) in [4.78, 5) is 25.9. The number of aliphatic hydroxyl groups is 1. The van der Waals surface area contributed by atoms with Crippen LogP contribution in [-0.4, -0.2) is 74.9 Å². The van der Waals surface area contributed by atoms with Crippen LogP contribution in [0.1, 0.15) is 50.2 Å². The summed E-state index contributed by atoms with van der Waals surface area (Å²) < 4.78 is 48.5. The molecule has 0 heterocycles. The van der Waals surface area contributed by atoms with Crippen molar-refractivity contribution in [2.75, 3.05) is 32.5 Å². The summed E-state index contributed by atoms with van der Waals surface area (Å²) in [5.41, 5.74) is 7.67. The van der Waals surface area contributed by atoms with Crippen LogP contribution in [0.2, 0.25) is 0 Å². The molecule has 3 aromatic carbocycles. The van der Waals surface area contributed by atoms with E-state index in [-0.39, 0.29) is 36.7 Å². The molecule has 250 valence electrons. The van der Waals surface area contributed by atoms with Crippen LogP contribution >= 0.6 is 0 Å². The molecule has 0 spiro atoms. The third-order valence-corrected chi connectivity index (χ3v) is 9.70. The average molecular weight is 657 g/mol. The van der Waals surface area contributed by atoms with Crippen molar-refractivity contribution in [3.8, 4) is 0 Å². The van der Waals surface area contributed by atoms with Gasteiger partial charge in [-0.25, -0.2) is 17.6 Å². The fourth-order valence-corrected chi connectivity index (χ4v) is 6.83. The number of nitrogens with zero attached hydrogens (tertiary/aromatic N) is 1. The third kappa shape index (κ3) is 10.3. The highest BCUT2D eigenvalue weighted by Gasteiger charge is 2.34. The lowest BCUT2D eigenvalue weighted by atomic mass is 9.84. The van der Waals surface area contributed by atoms with Crippen molar-refractivity contribution in [2.45, 2.75) is 62.2 Å². The zero-order chi connectivity index (χ0) is 33.7. The monoisotopic (exact) mass is 656 g/mol. The van der Waals surface area contributed by atoms with Crippen LogP contribution in [0.25, 0.3) is 0 Å². The number of nitrogens with two attached hydrogens (primary N) is 1. The number of alkyl halides is 1. The summed E-state index contributed by atoms with van der Waals surface area (Å²) in [6.07, 6.45) is -1.95. The fraction of sp³-hybridized carbons (Fsp3) is 0.412. The lowest BCUT2D eigenvalue weighted by Crippen LogP contribution is -2.51. The SMILES string of the molecule is COC(=O)N[C@H](C(=O)NC[C@H](F)CC[C@@H](CO)N(CCC(C)C)S(=O)(=O)c1ccc(N)cc1)C(c1ccccc1)c1ccccc1. The van der Waals surface area contributed by atoms with Gasteiger partial charge in [0.25, 0.3) is 0 Å². The first kappa shape index (κ1) is 36.5. The molecule has 0 fully saturated rings. The standard InChI is InChI=1S/C34H45FN4O6S/c1-24(2)20-21-39(46(43,44)30-18-15-28(36)16-19-30)29(23-40)17-14-27(35)22-37-33(41)32(38-34(42)45-3)31(25-10-6-4-7-11-25)26-12-8-5-9-13-26/h4-13,15-16,18-19,24,27,29,31-32,40H,14,17,20-23,36H2,1-3H3,(H,37,41)(H,38,42)/t27-,29+,32+/m1/s1. The van der Waals surface area contributed by atoms with Gasteiger partial charge in [0.15, 0.2) is 0 Å². The molecule has 0 aromatic heterocycles. The molecule has 3 rings (SSSR count). The molecule has 0 aliphatic carbocycles. The highest BCUT2D eigenvalue weighted by molar-refractivity contribution is 7.89. The Labute approximate surface area is 271 Å². The van der Waals surface area contributed by atoms with Crippen LogP contribution in [0.15, 0.2) is 89.8 Å². The fourth-order valence-electron chi connectivity index (χ4n) is 5.17. The molecule has 0 saturated heterocycles. The number of benzene rings is 3. The summed E-state index contributed by atoms with van der Waals surface area (Å²) in [6, 6.07) is 22.1. The predicted molar refractivity (Wildman–Crippen MR) is 176 cm³/mol. The lowest BCUT2D eigenvalue weighted by molar-refractivity contribution is -0.123. The van der Waals surface area contributed by atoms with Gasteiger partial charge in [-0.2, -0.15) is 4.31 Å². The highest BCUT2D eigenvalue weighted by atomic mass is 32.2. The van der Waals surface area contributed by atoms with Crippen molar-refractivity contribution < 1.29 is 32.2 Å². The predicted octanol–water partition coefficient (Wildman–Crippen LogP) is 4.46. The quantitative estimate of drug-likeness (QED) is 0.157. The molecule has 3 aromatic rings. The van der Waals surface area contributed by atoms with Gasteiger partial charge in [0, 0.05) is 30.7 Å². The van der Waals surface area contributed by atoms with E-state index in [1.54, 1.807) is 0 Å². The van der Waals surface area contributed by atoms with Gasteiger partial charge in [-0.15, -0.1) is 0 Å². The molecule has 0 unspecified atom stereocenters. The van der Waals surface area contributed by atoms with Gasteiger partial charge in [-0.1, -0.05) is 74.5 Å². The first-order chi connectivity index (χ1) is 22.0. The van der Waals surface area contributed by atoms with Crippen LogP contribution in [0.4, 0.5) is 14.9 Å². The Morgan fingerprint density at radius 3 is 1.98 bits per heavy atom. The number of rotatable bonds is 17. The number of nitrogen functional groups attached to an aromatic ring is 1. The third-order valence-electron chi connectivity index (χ3n) is 7.73. The van der Waals surface area contributed by atoms with Crippen LogP contribution < -0.4 is 16.4 Å². The molecule has 0 aliphatic heterocycles. The Hall–Kier alpha value is -4.00. The largest absolute Gasteiger partial charge is 0.453 e. The molecule has 10 nitrogen and oxygen atoms in total. The molecule has 46 heavy (non-hydrogen) atoms. The molecule has 12 heteroatoms. The Balaban J connectivity index is 1.75. The van der Waals surface area contributed by atoms with Gasteiger partial charge in [-0.05, 0) is 60.6 Å². The van der Waals surface area contributed by atoms with Gasteiger partial charge in [-0.3, -0.25) is 4.79 Å². The van der Waals surface area contributed by atoms with E-state index in [4.69, 9.17) is 10.5 Å². The number of hydrogen-bond donors (Lipinski definition) is 4. The van der Waals surface area contributed by atoms with E-state index >= 15 is 4.39 Å². The molecule has 3 atom stereocenters. The molecule has 2 amide bonds. The van der Waals surface area contributed by atoms with Gasteiger partial charge in [0.1, 0.15) is 12.2 Å². The van der Waals surface area contributed by atoms with Crippen LogP contribution in [0, 0.1) is 5.92 Å². The van der Waals surface area contributed by atoms with E-state index in [2.05, 4.69) is 10.6 Å². The minimum absolute atomic E-state index is 0.0142. The maximum absolute atomic E-state index is 15.4. The van der Waals surface area contributed by atoms with E-state index in [0.29, 0.717) is 12.1 Å². The van der Waals surface area contributed by atoms with Crippen LogP contribution in [0.3, 0.4) is 0 Å². The number of alkyl carbamates (subject to hydrolysis) is 1. The maximum Gasteiger partial charge on any atom is 0.407 e. The Morgan fingerprint density at radius 2 is 1.48 bits per heavy atom. The summed E-state index contributed by atoms with van der Waals surface area (Å²) in [5.74, 6) is -1.03. The number of halogens is 1. The summed E-state index contributed by atoms with van der Waals surface area (Å²) in [6.45, 7) is 3.18. The van der Waals surface area contributed by atoms with Gasteiger partial charge in [0.05, 0.1) is 18.6 Å². The van der Waals surface area contributed by atoms with E-state index < -0.39 is 52.8 Å². The number of hydrogen-bond acceptors (Lipinski definition) is 7. The van der Waals surface area contributed by atoms with Crippen LogP contribution in [0.5, 0.6) is 0 Å². The first-order valence-corrected chi connectivity index (χ1v) is 16.8. The van der Waals surface area contributed by atoms with Gasteiger partial charge >= 0.3 is 6.09 Å². The molecular weight excluding hydrogens is 611 g/mol. The van der Waals surface area contributed by atoms with Crippen molar-refractivity contribution in [1.82, 2.24) is 14.9 Å². The number of methoxy groups -OCH3 is 1. The number of aliphatic hydroxyl groups excluding tert-OH is 1. The highest BCUT2D eigenvalue weighted by Crippen LogP contribution is 2.29. The normalized spacial score (nSPS) is 13.7. The first-order valence-electron chi connectivity index (χ1n) is 15.3. The molecule has 0 bridgehead atoms. The Kier molecular flexibility index (Phi) is 14.0. The van der Waals surface area contributed by atoms with Crippen LogP contribution in [-0.2, 0) is 19.6 Å². The maximum atomic E-state index is 15.4. The lowest BCUT2D eigenvalue weighted by Gasteiger charge is -2.31. The number of carbonyl (C=O) groups is 2. The number of sulfonamides is 1. The van der Waals surface area contributed by atoms with Gasteiger partial charge < -0.3 is 26.2 Å². The summed E-state index contributed by atoms with van der Waals surface area (Å²) in [7, 11) is -2.82. The van der Waals surface area contributed by atoms with Crippen molar-refractivity contribution in [3.63, 3.8) is 0 Å². The second-order valence-corrected chi connectivity index (χ2v) is 13.4. The number of amides is 2. The molecular formula is C34H45FN4O6S. The van der Waals surface area contributed by atoms with Crippen molar-refractivity contribution in [1.29, 1.82) is 0 Å². The van der Waals surface area contributed by atoms with Crippen molar-refractivity contribution >= 4 is 27.7 Å². The Bertz CT molecular complexity index is 1440. The van der Waals surface area contributed by atoms with Crippen molar-refractivity contribution in [3.05, 3.63) is 96.1 Å². The zero-order valence-electron chi connectivity index (χ0n) is 26.5. The molecule has 5 N–H and O–H groups in total. The number of nitrogens with one attached hydrogen (secondary N) is 2. The smallest absolute Gasteiger partial charge is 0.407 e. The summed E-state index contributed by atoms with van der Waals surface area (Å²) >= 11 is 0. The average Bonchev–Trinajstić information content (AvgIpc) is 3.05. The van der Waals surface area contributed by atoms with Gasteiger partial charge in [0.2, 0.25) is 15.9 Å². The Morgan fingerprint density at radius 1 is 0.913 bits per heavy atom. The zero-order valence-corrected chi connectivity index (χ0v) is 27.3. The second kappa shape index (κ2) is 17.6. The minimum Gasteiger partial charge on any atom is -0.453 e. The molecule has 0 aliphatic rings. The van der Waals surface area contributed by atoms with E-state index in [0.717, 1.165) is 11.1 Å². The molecule has 0 saturated carbocycles. The van der Waals surface area contributed by atoms with E-state index in [1.165, 1.54) is 35.7 Å². The topological polar surface area (TPSA) is 151 Å². The van der Waals surface area contributed by atoms with Crippen molar-refractivity contribution in [2.24, 2.45) is 5.92 Å². The van der Waals surface area contributed by atoms with E-state index in [1.807, 2.05) is 74.5 Å². The second-order valence-electron chi connectivity index (χ2n) is 11.5. The van der Waals surface area contributed by atoms with E-state index in [9.17, 15) is 23.1 Å². The summed E-state index contributed by atoms with van der Waals surface area (Å²) in [5, 5.41) is 15.5. The number of anilines is 1.